The number of hydrogen-bond donors (Lipinski definition) is 2. The summed E-state index contributed by atoms with van der Waals surface area (Å²) in [6, 6.07) is 5.88. The molecule has 0 spiro atoms. The van der Waals surface area contributed by atoms with E-state index in [-0.39, 0.29) is 17.7 Å². The third-order valence-corrected chi connectivity index (χ3v) is 3.25. The van der Waals surface area contributed by atoms with E-state index in [0.29, 0.717) is 5.56 Å². The summed E-state index contributed by atoms with van der Waals surface area (Å²) in [7, 11) is 0. The number of benzene rings is 1. The van der Waals surface area contributed by atoms with Gasteiger partial charge in [-0.25, -0.2) is 0 Å². The molecule has 2 N–H and O–H groups in total. The second-order valence-electron chi connectivity index (χ2n) is 4.75. The summed E-state index contributed by atoms with van der Waals surface area (Å²) >= 11 is 0. The van der Waals surface area contributed by atoms with Gasteiger partial charge in [0, 0.05) is 11.6 Å². The van der Waals surface area contributed by atoms with E-state index in [9.17, 15) is 13.6 Å². The maximum Gasteiger partial charge on any atom is 0.387 e. The van der Waals surface area contributed by atoms with Gasteiger partial charge in [-0.3, -0.25) is 4.79 Å². The lowest BCUT2D eigenvalue weighted by atomic mass is 10.1. The minimum absolute atomic E-state index is 0.0511. The second-order valence-corrected chi connectivity index (χ2v) is 4.75. The van der Waals surface area contributed by atoms with Gasteiger partial charge in [0.25, 0.3) is 5.91 Å². The number of carbonyl (C=O) groups is 1. The number of nitrogens with one attached hydrogen (secondary N) is 2. The zero-order valence-corrected chi connectivity index (χ0v) is 11.1. The molecule has 1 unspecified atom stereocenters. The van der Waals surface area contributed by atoms with Crippen molar-refractivity contribution in [2.45, 2.75) is 31.9 Å². The fourth-order valence-electron chi connectivity index (χ4n) is 2.22. The van der Waals surface area contributed by atoms with Gasteiger partial charge in [-0.05, 0) is 56.6 Å². The molecule has 1 atom stereocenters. The van der Waals surface area contributed by atoms with E-state index < -0.39 is 6.61 Å². The molecule has 0 aliphatic carbocycles. The summed E-state index contributed by atoms with van der Waals surface area (Å²) in [5.74, 6) is -0.129. The molecule has 110 valence electrons. The highest BCUT2D eigenvalue weighted by Crippen LogP contribution is 2.15. The van der Waals surface area contributed by atoms with Crippen LogP contribution in [0.25, 0.3) is 0 Å². The zero-order chi connectivity index (χ0) is 14.4. The predicted octanol–water partition coefficient (Wildman–Crippen LogP) is 2.16. The number of hydrogen-bond acceptors (Lipinski definition) is 3. The van der Waals surface area contributed by atoms with Gasteiger partial charge in [-0.2, -0.15) is 8.78 Å². The second kappa shape index (κ2) is 7.19. The Labute approximate surface area is 116 Å². The minimum atomic E-state index is -2.85. The van der Waals surface area contributed by atoms with Gasteiger partial charge in [0.2, 0.25) is 0 Å². The maximum atomic E-state index is 12.0. The third-order valence-electron chi connectivity index (χ3n) is 3.25. The average Bonchev–Trinajstić information content (AvgIpc) is 2.67. The summed E-state index contributed by atoms with van der Waals surface area (Å²) in [6.07, 6.45) is 2.88. The number of carbonyl (C=O) groups excluding carboxylic acids is 1. The molecule has 1 amide bonds. The average molecular weight is 284 g/mol. The third kappa shape index (κ3) is 4.45. The Bertz CT molecular complexity index is 429. The van der Waals surface area contributed by atoms with Gasteiger partial charge >= 0.3 is 6.61 Å². The van der Waals surface area contributed by atoms with Crippen LogP contribution in [0.3, 0.4) is 0 Å². The van der Waals surface area contributed by atoms with Gasteiger partial charge in [-0.15, -0.1) is 0 Å². The molecule has 1 fully saturated rings. The number of rotatable bonds is 4. The van der Waals surface area contributed by atoms with E-state index in [1.54, 1.807) is 0 Å². The molecular weight excluding hydrogens is 266 g/mol. The lowest BCUT2D eigenvalue weighted by molar-refractivity contribution is -0.0498. The molecule has 1 saturated heterocycles. The molecule has 20 heavy (non-hydrogen) atoms. The molecule has 0 aromatic heterocycles. The van der Waals surface area contributed by atoms with Crippen molar-refractivity contribution in [1.29, 1.82) is 0 Å². The minimum Gasteiger partial charge on any atom is -0.435 e. The molecule has 1 aromatic carbocycles. The van der Waals surface area contributed by atoms with Gasteiger partial charge in [0.15, 0.2) is 0 Å². The summed E-state index contributed by atoms with van der Waals surface area (Å²) in [5.41, 5.74) is 0.448. The van der Waals surface area contributed by atoms with Crippen LogP contribution < -0.4 is 15.4 Å². The van der Waals surface area contributed by atoms with E-state index in [4.69, 9.17) is 0 Å². The molecule has 2 rings (SSSR count). The fourth-order valence-corrected chi connectivity index (χ4v) is 2.22. The summed E-state index contributed by atoms with van der Waals surface area (Å²) in [6.45, 7) is -0.980. The Balaban J connectivity index is 1.91. The van der Waals surface area contributed by atoms with Crippen LogP contribution in [0.15, 0.2) is 24.3 Å². The molecule has 6 heteroatoms. The largest absolute Gasteiger partial charge is 0.435 e. The maximum absolute atomic E-state index is 12.0. The van der Waals surface area contributed by atoms with E-state index in [1.807, 2.05) is 0 Å². The topological polar surface area (TPSA) is 50.4 Å². The van der Waals surface area contributed by atoms with Gasteiger partial charge < -0.3 is 15.4 Å². The molecular formula is C14H18F2N2O2. The molecule has 1 aromatic rings. The van der Waals surface area contributed by atoms with Gasteiger partial charge in [0.1, 0.15) is 5.75 Å². The van der Waals surface area contributed by atoms with Crippen LogP contribution in [0.5, 0.6) is 5.75 Å². The number of alkyl halides is 2. The summed E-state index contributed by atoms with van der Waals surface area (Å²) in [5, 5.41) is 6.24. The van der Waals surface area contributed by atoms with Crippen molar-refractivity contribution in [2.24, 2.45) is 0 Å². The lowest BCUT2D eigenvalue weighted by Gasteiger charge is -2.16. The van der Waals surface area contributed by atoms with Crippen LogP contribution in [-0.4, -0.2) is 31.7 Å². The van der Waals surface area contributed by atoms with Crippen molar-refractivity contribution in [2.75, 3.05) is 13.1 Å². The SMILES string of the molecule is O=C(NC1CCCNCC1)c1ccc(OC(F)F)cc1. The number of halogens is 2. The number of amides is 1. The highest BCUT2D eigenvalue weighted by molar-refractivity contribution is 5.94. The summed E-state index contributed by atoms with van der Waals surface area (Å²) in [4.78, 5) is 12.0. The molecule has 4 nitrogen and oxygen atoms in total. The standard InChI is InChI=1S/C14H18F2N2O2/c15-14(16)20-12-5-3-10(4-6-12)13(19)18-11-2-1-8-17-9-7-11/h3-6,11,14,17H,1-2,7-9H2,(H,18,19). The highest BCUT2D eigenvalue weighted by atomic mass is 19.3. The Morgan fingerprint density at radius 2 is 2.00 bits per heavy atom. The Hall–Kier alpha value is -1.69. The predicted molar refractivity (Wildman–Crippen MR) is 71.0 cm³/mol. The van der Waals surface area contributed by atoms with E-state index in [2.05, 4.69) is 15.4 Å². The smallest absolute Gasteiger partial charge is 0.387 e. The lowest BCUT2D eigenvalue weighted by Crippen LogP contribution is -2.35. The molecule has 0 bridgehead atoms. The Kier molecular flexibility index (Phi) is 5.29. The van der Waals surface area contributed by atoms with Crippen molar-refractivity contribution in [3.05, 3.63) is 29.8 Å². The van der Waals surface area contributed by atoms with Gasteiger partial charge in [-0.1, -0.05) is 0 Å². The zero-order valence-electron chi connectivity index (χ0n) is 11.1. The first kappa shape index (κ1) is 14.7. The Morgan fingerprint density at radius 1 is 1.25 bits per heavy atom. The van der Waals surface area contributed by atoms with Crippen molar-refractivity contribution in [1.82, 2.24) is 10.6 Å². The van der Waals surface area contributed by atoms with Crippen LogP contribution in [0.4, 0.5) is 8.78 Å². The van der Waals surface area contributed by atoms with Crippen LogP contribution >= 0.6 is 0 Å². The molecule has 1 aliphatic rings. The summed E-state index contributed by atoms with van der Waals surface area (Å²) < 4.78 is 28.3. The van der Waals surface area contributed by atoms with Crippen molar-refractivity contribution in [3.63, 3.8) is 0 Å². The van der Waals surface area contributed by atoms with Crippen LogP contribution in [-0.2, 0) is 0 Å². The Morgan fingerprint density at radius 3 is 2.70 bits per heavy atom. The fraction of sp³-hybridized carbons (Fsp3) is 0.500. The van der Waals surface area contributed by atoms with E-state index in [0.717, 1.165) is 32.4 Å². The van der Waals surface area contributed by atoms with Crippen LogP contribution in [0.2, 0.25) is 0 Å². The first-order valence-corrected chi connectivity index (χ1v) is 6.71. The highest BCUT2D eigenvalue weighted by Gasteiger charge is 2.15. The van der Waals surface area contributed by atoms with Gasteiger partial charge in [0.05, 0.1) is 0 Å². The van der Waals surface area contributed by atoms with Crippen LogP contribution in [0, 0.1) is 0 Å². The monoisotopic (exact) mass is 284 g/mol. The van der Waals surface area contributed by atoms with E-state index in [1.165, 1.54) is 24.3 Å². The normalized spacial score (nSPS) is 19.4. The molecule has 0 radical (unpaired) electrons. The van der Waals surface area contributed by atoms with Crippen molar-refractivity contribution < 1.29 is 18.3 Å². The molecule has 0 saturated carbocycles. The first-order valence-electron chi connectivity index (χ1n) is 6.71. The quantitative estimate of drug-likeness (QED) is 0.891. The van der Waals surface area contributed by atoms with Crippen molar-refractivity contribution in [3.8, 4) is 5.75 Å². The number of ether oxygens (including phenoxy) is 1. The van der Waals surface area contributed by atoms with Crippen LogP contribution in [0.1, 0.15) is 29.6 Å². The molecule has 1 heterocycles. The molecule has 1 aliphatic heterocycles. The first-order chi connectivity index (χ1) is 9.65. The van der Waals surface area contributed by atoms with Crippen molar-refractivity contribution >= 4 is 5.91 Å². The van der Waals surface area contributed by atoms with E-state index >= 15 is 0 Å².